The first-order chi connectivity index (χ1) is 11.7. The van der Waals surface area contributed by atoms with Gasteiger partial charge in [0, 0.05) is 23.9 Å². The molecule has 0 amide bonds. The highest BCUT2D eigenvalue weighted by Crippen LogP contribution is 2.37. The minimum Gasteiger partial charge on any atom is -0.507 e. The van der Waals surface area contributed by atoms with E-state index in [1.165, 1.54) is 5.56 Å². The van der Waals surface area contributed by atoms with E-state index in [4.69, 9.17) is 4.99 Å². The number of hydrogen-bond acceptors (Lipinski definition) is 3. The molecule has 0 fully saturated rings. The van der Waals surface area contributed by atoms with Gasteiger partial charge in [-0.2, -0.15) is 0 Å². The second-order valence-corrected chi connectivity index (χ2v) is 10.3. The summed E-state index contributed by atoms with van der Waals surface area (Å²) >= 11 is 0. The average Bonchev–Trinajstić information content (AvgIpc) is 2.42. The molecule has 0 aliphatic rings. The molecule has 26 heavy (non-hydrogen) atoms. The molecule has 0 radical (unpaired) electrons. The van der Waals surface area contributed by atoms with Gasteiger partial charge >= 0.3 is 0 Å². The lowest BCUT2D eigenvalue weighted by Gasteiger charge is -2.27. The summed E-state index contributed by atoms with van der Waals surface area (Å²) in [5, 5.41) is 10.9. The van der Waals surface area contributed by atoms with Gasteiger partial charge in [-0.3, -0.25) is 4.99 Å². The van der Waals surface area contributed by atoms with Crippen molar-refractivity contribution in [3.63, 3.8) is 0 Å². The summed E-state index contributed by atoms with van der Waals surface area (Å²) in [6.07, 6.45) is 2.93. The average molecular weight is 361 g/mol. The van der Waals surface area contributed by atoms with Gasteiger partial charge in [0.15, 0.2) is 0 Å². The summed E-state index contributed by atoms with van der Waals surface area (Å²) in [5.41, 5.74) is 2.95. The second-order valence-electron chi connectivity index (χ2n) is 10.3. The van der Waals surface area contributed by atoms with Crippen LogP contribution in [0.15, 0.2) is 17.1 Å². The number of phenols is 1. The smallest absolute Gasteiger partial charge is 0.128 e. The number of nitrogens with zero attached hydrogens (tertiary/aromatic N) is 2. The summed E-state index contributed by atoms with van der Waals surface area (Å²) in [6, 6.07) is 4.48. The predicted molar refractivity (Wildman–Crippen MR) is 115 cm³/mol. The number of likely N-dealkylation sites (N-methyl/N-ethyl adjacent to an activating group) is 1. The van der Waals surface area contributed by atoms with E-state index in [-0.39, 0.29) is 16.9 Å². The van der Waals surface area contributed by atoms with Crippen LogP contribution >= 0.6 is 0 Å². The Hall–Kier alpha value is -1.35. The van der Waals surface area contributed by atoms with Crippen molar-refractivity contribution in [1.82, 2.24) is 4.90 Å². The second kappa shape index (κ2) is 8.56. The molecule has 3 heteroatoms. The van der Waals surface area contributed by atoms with E-state index in [0.717, 1.165) is 24.1 Å². The van der Waals surface area contributed by atoms with Gasteiger partial charge in [-0.05, 0) is 48.9 Å². The Balaban J connectivity index is 3.36. The number of aromatic hydroxyl groups is 1. The van der Waals surface area contributed by atoms with Crippen molar-refractivity contribution < 1.29 is 5.11 Å². The fourth-order valence-electron chi connectivity index (χ4n) is 3.09. The van der Waals surface area contributed by atoms with E-state index < -0.39 is 0 Å². The standard InChI is InChI=1S/C23H40N2O/c1-16(2)11-19(15-25(9)10)24-14-17-12-18(22(3,4)5)13-20(21(17)26)23(6,7)8/h12-14,16,19,26H,11,15H2,1-10H3/t19-/m0/s1. The van der Waals surface area contributed by atoms with Crippen LogP contribution in [0.25, 0.3) is 0 Å². The van der Waals surface area contributed by atoms with Crippen LogP contribution in [0.4, 0.5) is 0 Å². The van der Waals surface area contributed by atoms with Crippen molar-refractivity contribution in [3.8, 4) is 5.75 Å². The molecule has 1 aromatic carbocycles. The highest BCUT2D eigenvalue weighted by molar-refractivity contribution is 5.85. The Labute approximate surface area is 161 Å². The highest BCUT2D eigenvalue weighted by Gasteiger charge is 2.24. The van der Waals surface area contributed by atoms with E-state index in [0.29, 0.717) is 11.7 Å². The molecule has 0 heterocycles. The molecule has 0 aliphatic carbocycles. The summed E-state index contributed by atoms with van der Waals surface area (Å²) in [7, 11) is 4.16. The van der Waals surface area contributed by atoms with Crippen molar-refractivity contribution in [2.75, 3.05) is 20.6 Å². The van der Waals surface area contributed by atoms with Crippen molar-refractivity contribution >= 4 is 6.21 Å². The van der Waals surface area contributed by atoms with Gasteiger partial charge in [0.2, 0.25) is 0 Å². The van der Waals surface area contributed by atoms with Gasteiger partial charge in [0.05, 0.1) is 6.04 Å². The van der Waals surface area contributed by atoms with Crippen LogP contribution in [0.1, 0.15) is 78.5 Å². The molecular formula is C23H40N2O. The lowest BCUT2D eigenvalue weighted by molar-refractivity contribution is 0.346. The van der Waals surface area contributed by atoms with E-state index in [2.05, 4.69) is 86.5 Å². The Morgan fingerprint density at radius 1 is 1.04 bits per heavy atom. The summed E-state index contributed by atoms with van der Waals surface area (Å²) in [6.45, 7) is 18.4. The van der Waals surface area contributed by atoms with E-state index in [9.17, 15) is 5.11 Å². The van der Waals surface area contributed by atoms with Gasteiger partial charge in [-0.1, -0.05) is 61.5 Å². The zero-order chi connectivity index (χ0) is 20.3. The van der Waals surface area contributed by atoms with Gasteiger partial charge in [-0.15, -0.1) is 0 Å². The fourth-order valence-corrected chi connectivity index (χ4v) is 3.09. The first-order valence-corrected chi connectivity index (χ1v) is 9.77. The van der Waals surface area contributed by atoms with Crippen LogP contribution in [0.2, 0.25) is 0 Å². The number of benzene rings is 1. The molecule has 0 saturated heterocycles. The largest absolute Gasteiger partial charge is 0.507 e. The summed E-state index contributed by atoms with van der Waals surface area (Å²) in [4.78, 5) is 7.03. The van der Waals surface area contributed by atoms with Crippen LogP contribution in [0.5, 0.6) is 5.75 Å². The molecule has 1 rings (SSSR count). The predicted octanol–water partition coefficient (Wildman–Crippen LogP) is 5.38. The van der Waals surface area contributed by atoms with E-state index in [1.807, 2.05) is 6.21 Å². The number of phenolic OH excluding ortho intramolecular Hbond substituents is 1. The molecule has 148 valence electrons. The minimum absolute atomic E-state index is 0.0251. The van der Waals surface area contributed by atoms with Crippen LogP contribution in [-0.2, 0) is 10.8 Å². The minimum atomic E-state index is -0.116. The molecule has 1 N–H and O–H groups in total. The number of hydrogen-bond donors (Lipinski definition) is 1. The fraction of sp³-hybridized carbons (Fsp3) is 0.696. The SMILES string of the molecule is CC(C)C[C@@H](CN(C)C)N=Cc1cc(C(C)(C)C)cc(C(C)(C)C)c1O. The third-order valence-corrected chi connectivity index (χ3v) is 4.56. The van der Waals surface area contributed by atoms with Crippen molar-refractivity contribution in [1.29, 1.82) is 0 Å². The lowest BCUT2D eigenvalue weighted by Crippen LogP contribution is -2.26. The van der Waals surface area contributed by atoms with Crippen LogP contribution in [-0.4, -0.2) is 42.9 Å². The van der Waals surface area contributed by atoms with E-state index >= 15 is 0 Å². The first kappa shape index (κ1) is 22.7. The van der Waals surface area contributed by atoms with Gasteiger partial charge in [0.1, 0.15) is 5.75 Å². The topological polar surface area (TPSA) is 35.8 Å². The normalized spacial score (nSPS) is 14.6. The van der Waals surface area contributed by atoms with Crippen molar-refractivity contribution in [2.24, 2.45) is 10.9 Å². The zero-order valence-electron chi connectivity index (χ0n) is 18.6. The Morgan fingerprint density at radius 3 is 2.04 bits per heavy atom. The zero-order valence-corrected chi connectivity index (χ0v) is 18.6. The molecule has 3 nitrogen and oxygen atoms in total. The first-order valence-electron chi connectivity index (χ1n) is 9.77. The third kappa shape index (κ3) is 6.75. The molecular weight excluding hydrogens is 320 g/mol. The molecule has 0 bridgehead atoms. The van der Waals surface area contributed by atoms with Crippen LogP contribution in [0, 0.1) is 5.92 Å². The van der Waals surface area contributed by atoms with Gasteiger partial charge in [-0.25, -0.2) is 0 Å². The van der Waals surface area contributed by atoms with Gasteiger partial charge < -0.3 is 10.0 Å². The molecule has 0 spiro atoms. The van der Waals surface area contributed by atoms with E-state index in [1.54, 1.807) is 0 Å². The maximum atomic E-state index is 10.9. The molecule has 0 aromatic heterocycles. The monoisotopic (exact) mass is 360 g/mol. The maximum absolute atomic E-state index is 10.9. The molecule has 1 atom stereocenters. The Morgan fingerprint density at radius 2 is 1.62 bits per heavy atom. The van der Waals surface area contributed by atoms with Crippen LogP contribution < -0.4 is 0 Å². The summed E-state index contributed by atoms with van der Waals surface area (Å²) in [5.74, 6) is 0.958. The van der Waals surface area contributed by atoms with Gasteiger partial charge in [0.25, 0.3) is 0 Å². The summed E-state index contributed by atoms with van der Waals surface area (Å²) < 4.78 is 0. The number of aliphatic imine (C=N–C) groups is 1. The molecule has 1 aromatic rings. The maximum Gasteiger partial charge on any atom is 0.128 e. The Kier molecular flexibility index (Phi) is 7.47. The van der Waals surface area contributed by atoms with Crippen molar-refractivity contribution in [3.05, 3.63) is 28.8 Å². The molecule has 0 unspecified atom stereocenters. The Bertz CT molecular complexity index is 606. The van der Waals surface area contributed by atoms with Crippen LogP contribution in [0.3, 0.4) is 0 Å². The molecule has 0 saturated carbocycles. The third-order valence-electron chi connectivity index (χ3n) is 4.56. The molecule has 0 aliphatic heterocycles. The highest BCUT2D eigenvalue weighted by atomic mass is 16.3. The number of rotatable bonds is 6. The van der Waals surface area contributed by atoms with Crippen molar-refractivity contribution in [2.45, 2.75) is 78.7 Å². The quantitative estimate of drug-likeness (QED) is 0.691. The lowest BCUT2D eigenvalue weighted by atomic mass is 9.79.